The van der Waals surface area contributed by atoms with Gasteiger partial charge in [0.25, 0.3) is 0 Å². The van der Waals surface area contributed by atoms with Crippen molar-refractivity contribution >= 4 is 5.78 Å². The van der Waals surface area contributed by atoms with Crippen LogP contribution in [0.25, 0.3) is 0 Å². The van der Waals surface area contributed by atoms with Gasteiger partial charge in [-0.05, 0) is 31.6 Å². The van der Waals surface area contributed by atoms with Crippen LogP contribution in [0.4, 0.5) is 0 Å². The monoisotopic (exact) mass is 178 g/mol. The highest BCUT2D eigenvalue weighted by Crippen LogP contribution is 2.44. The van der Waals surface area contributed by atoms with E-state index in [4.69, 9.17) is 0 Å². The van der Waals surface area contributed by atoms with Gasteiger partial charge in [-0.3, -0.25) is 4.79 Å². The molecule has 0 spiro atoms. The number of carbonyl (C=O) groups excluding carboxylic acids is 1. The van der Waals surface area contributed by atoms with Gasteiger partial charge in [-0.25, -0.2) is 0 Å². The Bertz CT molecular complexity index is 240. The molecule has 2 aliphatic rings. The van der Waals surface area contributed by atoms with Crippen molar-refractivity contribution in [1.82, 2.24) is 0 Å². The molecule has 1 fully saturated rings. The minimum absolute atomic E-state index is 0.334. The fraction of sp³-hybridized carbons (Fsp3) is 0.750. The number of Topliss-reactive ketones (excluding diaryl/α,β-unsaturated/α-hetero) is 1. The number of rotatable bonds is 3. The van der Waals surface area contributed by atoms with E-state index in [1.54, 1.807) is 5.57 Å². The van der Waals surface area contributed by atoms with E-state index in [-0.39, 0.29) is 0 Å². The fourth-order valence-electron chi connectivity index (χ4n) is 2.58. The molecule has 0 N–H and O–H groups in total. The zero-order valence-electron chi connectivity index (χ0n) is 8.38. The summed E-state index contributed by atoms with van der Waals surface area (Å²) >= 11 is 0. The molecule has 2 rings (SSSR count). The van der Waals surface area contributed by atoms with Crippen molar-refractivity contribution in [3.8, 4) is 0 Å². The molecule has 2 atom stereocenters. The normalized spacial score (nSPS) is 32.1. The molecule has 1 saturated carbocycles. The summed E-state index contributed by atoms with van der Waals surface area (Å²) in [6.45, 7) is 2.22. The van der Waals surface area contributed by atoms with Crippen LogP contribution in [-0.2, 0) is 4.79 Å². The number of ketones is 1. The summed E-state index contributed by atoms with van der Waals surface area (Å²) in [6.07, 6.45) is 9.27. The van der Waals surface area contributed by atoms with Gasteiger partial charge in [-0.15, -0.1) is 0 Å². The van der Waals surface area contributed by atoms with Gasteiger partial charge in [0.15, 0.2) is 0 Å². The zero-order valence-corrected chi connectivity index (χ0v) is 8.38. The molecule has 0 bridgehead atoms. The smallest absolute Gasteiger partial charge is 0.140 e. The van der Waals surface area contributed by atoms with Crippen molar-refractivity contribution < 1.29 is 4.79 Å². The molecule has 0 aromatic rings. The molecule has 0 aliphatic heterocycles. The van der Waals surface area contributed by atoms with Crippen LogP contribution in [0.15, 0.2) is 11.6 Å². The van der Waals surface area contributed by atoms with E-state index in [0.29, 0.717) is 17.6 Å². The van der Waals surface area contributed by atoms with Gasteiger partial charge in [-0.1, -0.05) is 25.0 Å². The van der Waals surface area contributed by atoms with Crippen LogP contribution in [0.5, 0.6) is 0 Å². The Kier molecular flexibility index (Phi) is 2.52. The Morgan fingerprint density at radius 2 is 2.38 bits per heavy atom. The first-order chi connectivity index (χ1) is 6.33. The standard InChI is InChI=1S/C12H18O/c1-2-3-5-9-8-11-10(9)6-4-7-12(11)13/h8,10-11H,2-7H2,1H3. The lowest BCUT2D eigenvalue weighted by atomic mass is 9.65. The van der Waals surface area contributed by atoms with Crippen LogP contribution < -0.4 is 0 Å². The average molecular weight is 178 g/mol. The highest BCUT2D eigenvalue weighted by atomic mass is 16.1. The minimum Gasteiger partial charge on any atom is -0.299 e. The molecule has 2 aliphatic carbocycles. The number of carbonyl (C=O) groups is 1. The Hall–Kier alpha value is -0.590. The maximum Gasteiger partial charge on any atom is 0.140 e. The van der Waals surface area contributed by atoms with E-state index in [0.717, 1.165) is 12.8 Å². The number of hydrogen-bond acceptors (Lipinski definition) is 1. The first-order valence-electron chi connectivity index (χ1n) is 5.56. The van der Waals surface area contributed by atoms with Crippen LogP contribution in [0, 0.1) is 11.8 Å². The number of unbranched alkanes of at least 4 members (excludes halogenated alkanes) is 1. The third-order valence-electron chi connectivity index (χ3n) is 3.43. The third kappa shape index (κ3) is 1.56. The summed E-state index contributed by atoms with van der Waals surface area (Å²) in [7, 11) is 0. The topological polar surface area (TPSA) is 17.1 Å². The van der Waals surface area contributed by atoms with Crippen LogP contribution in [-0.4, -0.2) is 5.78 Å². The van der Waals surface area contributed by atoms with Crippen molar-refractivity contribution in [3.05, 3.63) is 11.6 Å². The minimum atomic E-state index is 0.334. The van der Waals surface area contributed by atoms with E-state index < -0.39 is 0 Å². The summed E-state index contributed by atoms with van der Waals surface area (Å²) in [5.41, 5.74) is 1.58. The lowest BCUT2D eigenvalue weighted by molar-refractivity contribution is -0.125. The molecule has 0 heterocycles. The lowest BCUT2D eigenvalue weighted by Crippen LogP contribution is -2.35. The van der Waals surface area contributed by atoms with Gasteiger partial charge in [0, 0.05) is 12.3 Å². The quantitative estimate of drug-likeness (QED) is 0.607. The molecular formula is C12H18O. The van der Waals surface area contributed by atoms with Crippen LogP contribution in [0.1, 0.15) is 45.4 Å². The molecule has 0 radical (unpaired) electrons. The SMILES string of the molecule is CCCCC1=CC2C(=O)CCCC12. The van der Waals surface area contributed by atoms with Gasteiger partial charge in [0.05, 0.1) is 0 Å². The Labute approximate surface area is 80.2 Å². The second-order valence-corrected chi connectivity index (χ2v) is 4.34. The lowest BCUT2D eigenvalue weighted by Gasteiger charge is -2.38. The first kappa shape index (κ1) is 8.98. The Balaban J connectivity index is 1.94. The van der Waals surface area contributed by atoms with Crippen molar-refractivity contribution in [1.29, 1.82) is 0 Å². The van der Waals surface area contributed by atoms with Crippen LogP contribution in [0.3, 0.4) is 0 Å². The summed E-state index contributed by atoms with van der Waals surface area (Å²) in [4.78, 5) is 11.4. The Morgan fingerprint density at radius 1 is 1.54 bits per heavy atom. The third-order valence-corrected chi connectivity index (χ3v) is 3.43. The van der Waals surface area contributed by atoms with Crippen molar-refractivity contribution in [2.45, 2.75) is 45.4 Å². The predicted octanol–water partition coefficient (Wildman–Crippen LogP) is 3.10. The number of allylic oxidation sites excluding steroid dienone is 2. The van der Waals surface area contributed by atoms with E-state index in [9.17, 15) is 4.79 Å². The molecule has 13 heavy (non-hydrogen) atoms. The molecule has 0 aromatic carbocycles. The maximum atomic E-state index is 11.4. The van der Waals surface area contributed by atoms with Crippen molar-refractivity contribution in [2.75, 3.05) is 0 Å². The average Bonchev–Trinajstić information content (AvgIpc) is 2.09. The van der Waals surface area contributed by atoms with Gasteiger partial charge >= 0.3 is 0 Å². The molecule has 1 nitrogen and oxygen atoms in total. The van der Waals surface area contributed by atoms with Crippen LogP contribution >= 0.6 is 0 Å². The second kappa shape index (κ2) is 3.65. The Morgan fingerprint density at radius 3 is 3.15 bits per heavy atom. The number of fused-ring (bicyclic) bond motifs is 1. The van der Waals surface area contributed by atoms with Gasteiger partial charge < -0.3 is 0 Å². The largest absolute Gasteiger partial charge is 0.299 e. The zero-order chi connectivity index (χ0) is 9.26. The maximum absolute atomic E-state index is 11.4. The molecule has 0 saturated heterocycles. The highest BCUT2D eigenvalue weighted by molar-refractivity contribution is 5.86. The van der Waals surface area contributed by atoms with E-state index in [2.05, 4.69) is 13.0 Å². The molecular weight excluding hydrogens is 160 g/mol. The number of hydrogen-bond donors (Lipinski definition) is 0. The molecule has 0 amide bonds. The molecule has 72 valence electrons. The molecule has 0 aromatic heterocycles. The van der Waals surface area contributed by atoms with E-state index >= 15 is 0 Å². The fourth-order valence-corrected chi connectivity index (χ4v) is 2.58. The highest BCUT2D eigenvalue weighted by Gasteiger charge is 2.38. The summed E-state index contributed by atoms with van der Waals surface area (Å²) in [6, 6.07) is 0. The van der Waals surface area contributed by atoms with Crippen LogP contribution in [0.2, 0.25) is 0 Å². The molecule has 2 unspecified atom stereocenters. The first-order valence-corrected chi connectivity index (χ1v) is 5.56. The van der Waals surface area contributed by atoms with Crippen molar-refractivity contribution in [2.24, 2.45) is 11.8 Å². The summed E-state index contributed by atoms with van der Waals surface area (Å²) in [5, 5.41) is 0. The van der Waals surface area contributed by atoms with Crippen molar-refractivity contribution in [3.63, 3.8) is 0 Å². The second-order valence-electron chi connectivity index (χ2n) is 4.34. The van der Waals surface area contributed by atoms with Gasteiger partial charge in [-0.2, -0.15) is 0 Å². The van der Waals surface area contributed by atoms with Gasteiger partial charge in [0.1, 0.15) is 5.78 Å². The summed E-state index contributed by atoms with van der Waals surface area (Å²) in [5.74, 6) is 1.49. The van der Waals surface area contributed by atoms with Gasteiger partial charge in [0.2, 0.25) is 0 Å². The summed E-state index contributed by atoms with van der Waals surface area (Å²) < 4.78 is 0. The molecule has 1 heteroatoms. The predicted molar refractivity (Wildman–Crippen MR) is 53.4 cm³/mol. The van der Waals surface area contributed by atoms with E-state index in [1.807, 2.05) is 0 Å². The van der Waals surface area contributed by atoms with E-state index in [1.165, 1.54) is 25.7 Å².